The maximum atomic E-state index is 13.4. The molecule has 6 aromatic heterocycles. The Hall–Kier alpha value is -9.83. The predicted molar refractivity (Wildman–Crippen MR) is 475 cm³/mol. The van der Waals surface area contributed by atoms with Gasteiger partial charge in [-0.15, -0.1) is 45.9 Å². The van der Waals surface area contributed by atoms with Crippen molar-refractivity contribution in [1.29, 1.82) is 0 Å². The van der Waals surface area contributed by atoms with E-state index in [2.05, 4.69) is 107 Å². The van der Waals surface area contributed by atoms with Crippen molar-refractivity contribution in [2.45, 2.75) is 293 Å². The van der Waals surface area contributed by atoms with E-state index in [0.717, 1.165) is 119 Å². The molecule has 7 fully saturated rings. The molecule has 1 saturated heterocycles. The molecule has 30 nitrogen and oxygen atoms in total. The van der Waals surface area contributed by atoms with Gasteiger partial charge >= 0.3 is 19.3 Å². The fourth-order valence-corrected chi connectivity index (χ4v) is 14.6. The van der Waals surface area contributed by atoms with Crippen LogP contribution in [0.25, 0.3) is 39.7 Å². The lowest BCUT2D eigenvalue weighted by atomic mass is 9.79. The van der Waals surface area contributed by atoms with Crippen molar-refractivity contribution in [2.24, 2.45) is 17.8 Å². The molecule has 5 amide bonds. The molecule has 0 bridgehead atoms. The molecule has 0 atom stereocenters. The number of anilines is 3. The van der Waals surface area contributed by atoms with Gasteiger partial charge in [-0.3, -0.25) is 24.2 Å². The number of ether oxygens (including phenoxy) is 5. The molecular weight excluding hydrogens is 1650 g/mol. The Bertz CT molecular complexity index is 5040. The van der Waals surface area contributed by atoms with Crippen LogP contribution in [-0.4, -0.2) is 175 Å². The number of fused-ring (bicyclic) bond motifs is 3. The average molecular weight is 1770 g/mol. The number of halogens is 1. The van der Waals surface area contributed by atoms with Crippen molar-refractivity contribution < 1.29 is 57.0 Å². The lowest BCUT2D eigenvalue weighted by molar-refractivity contribution is 0.00578. The van der Waals surface area contributed by atoms with E-state index >= 15 is 0 Å². The summed E-state index contributed by atoms with van der Waals surface area (Å²) in [6.07, 6.45) is 19.0. The smallest absolute Gasteiger partial charge is 0.473 e. The number of nitrogens with one attached hydrogen (secondary N) is 4. The topological polar surface area (TPSA) is 334 Å². The van der Waals surface area contributed by atoms with Crippen LogP contribution in [0.1, 0.15) is 265 Å². The van der Waals surface area contributed by atoms with Crippen LogP contribution >= 0.6 is 22.6 Å². The number of benzene rings is 3. The number of hydrogen-bond donors (Lipinski definition) is 4. The quantitative estimate of drug-likeness (QED) is 0.0322. The Morgan fingerprint density at radius 3 is 1.17 bits per heavy atom. The first-order chi connectivity index (χ1) is 57.1. The summed E-state index contributed by atoms with van der Waals surface area (Å²) in [6.45, 7) is 33.5. The zero-order valence-electron chi connectivity index (χ0n) is 72.3. The van der Waals surface area contributed by atoms with Crippen LogP contribution in [0.5, 0.6) is 17.6 Å². The van der Waals surface area contributed by atoms with E-state index in [1.54, 1.807) is 47.6 Å². The van der Waals surface area contributed by atoms with Gasteiger partial charge in [-0.05, 0) is 244 Å². The molecule has 3 aromatic carbocycles. The summed E-state index contributed by atoms with van der Waals surface area (Å²) in [5, 5.41) is 52.6. The molecule has 0 unspecified atom stereocenters. The number of aromatic nitrogens is 12. The fraction of sp³-hybridized carbons (Fsp3) is 0.573. The standard InChI is InChI=1S/C29H38N6O4.C24H30N6O2.C19H28IN5O3.C16H22BNO3.CH4/c1-18(2)17-34(28(37)39-29(3,4)5)23-16-24(38-22-8-6-7-9-22)33-35-25(31-32-26(23)35)19-10-12-20(13-11-19)27(36)30-21-14-15-21;1-15(2)14-25-20-13-21(32-19-5-3-4-6-19)29-30-22(27-28-23(20)30)16-7-9-17(10-8-16)24(31)26-18-11-12-18;1-12(2)11-24(18(26)28-19(3,4)5)14-10-15(27-13-8-6-7-9-13)23-25-16(14)21-22-17(25)20;1-15(2)16(3,4)21-17(20-15)12-7-5-11(6-8-12)14(19)18-13-9-10-13;/h10-13,16,18,21-22H,6-9,14-15,17H2,1-5H3,(H,30,36);7-10,13,15,18-19,25H,3-6,11-12,14H2,1-2H3,(H,26,31);10,12-13H,6-9,11H2,1-5H3;5-8,13H,9-10H2,1-4H3,(H,18,19);1H4. The maximum Gasteiger partial charge on any atom is 0.494 e. The van der Waals surface area contributed by atoms with Gasteiger partial charge in [-0.1, -0.05) is 85.4 Å². The van der Waals surface area contributed by atoms with Crippen molar-refractivity contribution >= 4 is 99.1 Å². The minimum atomic E-state index is -0.662. The molecule has 0 radical (unpaired) electrons. The van der Waals surface area contributed by atoms with Crippen molar-refractivity contribution in [3.05, 3.63) is 112 Å². The third kappa shape index (κ3) is 24.1. The van der Waals surface area contributed by atoms with E-state index in [4.69, 9.17) is 43.2 Å². The molecule has 7 aliphatic rings. The number of carbonyl (C=O) groups excluding carboxylic acids is 5. The third-order valence-corrected chi connectivity index (χ3v) is 22.3. The zero-order valence-corrected chi connectivity index (χ0v) is 74.5. The molecule has 6 saturated carbocycles. The van der Waals surface area contributed by atoms with E-state index in [1.807, 2.05) is 150 Å². The zero-order chi connectivity index (χ0) is 85.5. The third-order valence-electron chi connectivity index (χ3n) is 21.6. The first-order valence-electron chi connectivity index (χ1n) is 42.8. The van der Waals surface area contributed by atoms with Gasteiger partial charge in [0, 0.05) is 106 Å². The molecule has 16 rings (SSSR count). The lowest BCUT2D eigenvalue weighted by Gasteiger charge is -2.32. The summed E-state index contributed by atoms with van der Waals surface area (Å²) in [6, 6.07) is 28.6. The van der Waals surface area contributed by atoms with E-state index < -0.39 is 23.4 Å². The Kier molecular flexibility index (Phi) is 28.9. The number of carbonyl (C=O) groups is 5. The lowest BCUT2D eigenvalue weighted by Crippen LogP contribution is -2.41. The van der Waals surface area contributed by atoms with Crippen LogP contribution in [-0.2, 0) is 18.8 Å². The second-order valence-electron chi connectivity index (χ2n) is 36.8. The summed E-state index contributed by atoms with van der Waals surface area (Å²) < 4.78 is 47.6. The minimum Gasteiger partial charge on any atom is -0.473 e. The number of hydrogen-bond acceptors (Lipinski definition) is 22. The molecule has 9 aromatic rings. The first-order valence-corrected chi connectivity index (χ1v) is 43.9. The van der Waals surface area contributed by atoms with Gasteiger partial charge in [0.25, 0.3) is 17.7 Å². The van der Waals surface area contributed by atoms with Gasteiger partial charge in [0.05, 0.1) is 28.3 Å². The summed E-state index contributed by atoms with van der Waals surface area (Å²) in [5.41, 5.74) is 6.08. The molecule has 7 heterocycles. The summed E-state index contributed by atoms with van der Waals surface area (Å²) in [5.74, 6) is 3.36. The van der Waals surface area contributed by atoms with E-state index in [0.29, 0.717) is 109 Å². The molecule has 121 heavy (non-hydrogen) atoms. The fourth-order valence-electron chi connectivity index (χ4n) is 14.1. The van der Waals surface area contributed by atoms with Crippen LogP contribution in [0.4, 0.5) is 26.7 Å². The average Bonchev–Trinajstić information content (AvgIpc) is 1.66. The number of amides is 5. The van der Waals surface area contributed by atoms with Crippen LogP contribution in [0.3, 0.4) is 0 Å². The van der Waals surface area contributed by atoms with Crippen LogP contribution in [0, 0.1) is 21.6 Å². The van der Waals surface area contributed by atoms with Crippen LogP contribution in [0.2, 0.25) is 0 Å². The van der Waals surface area contributed by atoms with Gasteiger partial charge in [0.1, 0.15) is 29.5 Å². The molecule has 6 aliphatic carbocycles. The minimum absolute atomic E-state index is 0. The first kappa shape index (κ1) is 90.4. The van der Waals surface area contributed by atoms with Gasteiger partial charge in [0.15, 0.2) is 11.6 Å². The maximum absolute atomic E-state index is 13.4. The molecule has 650 valence electrons. The molecular formula is C89H122BIN18O12. The molecule has 32 heteroatoms. The summed E-state index contributed by atoms with van der Waals surface area (Å²) >= 11 is 2.08. The van der Waals surface area contributed by atoms with Gasteiger partial charge < -0.3 is 54.3 Å². The Morgan fingerprint density at radius 2 is 0.810 bits per heavy atom. The van der Waals surface area contributed by atoms with Crippen molar-refractivity contribution in [3.8, 4) is 40.4 Å². The Morgan fingerprint density at radius 1 is 0.471 bits per heavy atom. The molecule has 0 spiro atoms. The summed E-state index contributed by atoms with van der Waals surface area (Å²) in [4.78, 5) is 66.3. The van der Waals surface area contributed by atoms with Crippen molar-refractivity contribution in [1.82, 2.24) is 75.4 Å². The monoisotopic (exact) mass is 1770 g/mol. The second-order valence-corrected chi connectivity index (χ2v) is 37.7. The van der Waals surface area contributed by atoms with Crippen molar-refractivity contribution in [3.63, 3.8) is 0 Å². The normalized spacial score (nSPS) is 17.1. The Balaban J connectivity index is 0.000000150. The summed E-state index contributed by atoms with van der Waals surface area (Å²) in [7, 11) is -0.379. The van der Waals surface area contributed by atoms with Crippen LogP contribution < -0.4 is 50.7 Å². The highest BCUT2D eigenvalue weighted by Crippen LogP contribution is 2.39. The second kappa shape index (κ2) is 38.7. The van der Waals surface area contributed by atoms with E-state index in [9.17, 15) is 24.0 Å². The van der Waals surface area contributed by atoms with Gasteiger partial charge in [-0.2, -0.15) is 13.5 Å². The Labute approximate surface area is 724 Å². The predicted octanol–water partition coefficient (Wildman–Crippen LogP) is 16.4. The SMILES string of the molecule is C.CC(C)CN(C(=O)OC(C)(C)C)c1cc(OC2CCCC2)nn2c(-c3ccc(C(=O)NC4CC4)cc3)nnc12.CC(C)CN(C(=O)OC(C)(C)C)c1cc(OC2CCCC2)nn2c(I)nnc12.CC(C)CNc1cc(OC2CCCC2)nn2c(-c3ccc(C(=O)NC4CC4)cc3)nnc12.CC1(C)OB(c2ccc(C(=O)NC3CC3)cc2)OC1(C)C. The number of rotatable bonds is 24. The highest BCUT2D eigenvalue weighted by Gasteiger charge is 2.52. The molecule has 4 N–H and O–H groups in total. The van der Waals surface area contributed by atoms with Crippen LogP contribution in [0.15, 0.2) is 91.0 Å². The van der Waals surface area contributed by atoms with Gasteiger partial charge in [-0.25, -0.2) is 9.59 Å². The molecule has 1 aliphatic heterocycles. The van der Waals surface area contributed by atoms with E-state index in [1.165, 1.54) is 25.7 Å². The largest absolute Gasteiger partial charge is 0.494 e. The van der Waals surface area contributed by atoms with E-state index in [-0.39, 0.29) is 79.7 Å². The highest BCUT2D eigenvalue weighted by molar-refractivity contribution is 14.1. The highest BCUT2D eigenvalue weighted by atomic mass is 127. The van der Waals surface area contributed by atoms with Crippen molar-refractivity contribution in [2.75, 3.05) is 34.8 Å². The van der Waals surface area contributed by atoms with Gasteiger partial charge in [0.2, 0.25) is 38.4 Å². The number of nitrogens with zero attached hydrogens (tertiary/aromatic N) is 14.